The summed E-state index contributed by atoms with van der Waals surface area (Å²) in [5, 5.41) is 24.0. The zero-order chi connectivity index (χ0) is 28.2. The molecule has 0 amide bonds. The van der Waals surface area contributed by atoms with Gasteiger partial charge in [-0.05, 0) is 38.8 Å². The Kier molecular flexibility index (Phi) is 6.22. The summed E-state index contributed by atoms with van der Waals surface area (Å²) in [6, 6.07) is 13.1. The number of carbonyl (C=O) groups excluding carboxylic acids is 2. The van der Waals surface area contributed by atoms with Crippen molar-refractivity contribution in [1.82, 2.24) is 9.97 Å². The van der Waals surface area contributed by atoms with Crippen LogP contribution in [0.3, 0.4) is 0 Å². The highest BCUT2D eigenvalue weighted by molar-refractivity contribution is 6.48. The van der Waals surface area contributed by atoms with Gasteiger partial charge in [-0.3, -0.25) is 9.59 Å². The van der Waals surface area contributed by atoms with Crippen LogP contribution in [0.1, 0.15) is 55.8 Å². The number of hydrogen-bond acceptors (Lipinski definition) is 4. The summed E-state index contributed by atoms with van der Waals surface area (Å²) >= 11 is 0. The Morgan fingerprint density at radius 1 is 0.897 bits per heavy atom. The number of aryl methyl sites for hydroxylation is 1. The maximum atomic E-state index is 13.9. The number of nitrogens with one attached hydrogen (secondary N) is 2. The van der Waals surface area contributed by atoms with Gasteiger partial charge in [0.05, 0.1) is 11.1 Å². The molecule has 6 nitrogen and oxygen atoms in total. The minimum Gasteiger partial charge on any atom is -0.504 e. The second-order valence-electron chi connectivity index (χ2n) is 10.9. The third kappa shape index (κ3) is 4.04. The number of aromatic amines is 2. The van der Waals surface area contributed by atoms with Crippen LogP contribution in [0, 0.1) is 6.92 Å². The average Bonchev–Trinajstić information content (AvgIpc) is 3.45. The number of para-hydroxylation sites is 2. The minimum absolute atomic E-state index is 0.200. The van der Waals surface area contributed by atoms with Crippen molar-refractivity contribution in [1.29, 1.82) is 0 Å². The third-order valence-corrected chi connectivity index (χ3v) is 7.56. The molecule has 0 aliphatic heterocycles. The quantitative estimate of drug-likeness (QED) is 0.158. The number of Topliss-reactive ketones (excluding diaryl/α,β-unsaturated/α-hetero) is 2. The molecule has 1 aliphatic rings. The number of aliphatic hydroxyl groups is 2. The van der Waals surface area contributed by atoms with Crippen molar-refractivity contribution in [3.05, 3.63) is 106 Å². The summed E-state index contributed by atoms with van der Waals surface area (Å²) in [5.74, 6) is -2.97. The van der Waals surface area contributed by atoms with Crippen LogP contribution in [0.5, 0.6) is 0 Å². The van der Waals surface area contributed by atoms with E-state index in [0.717, 1.165) is 16.6 Å². The highest BCUT2D eigenvalue weighted by atomic mass is 16.3. The van der Waals surface area contributed by atoms with Gasteiger partial charge >= 0.3 is 0 Å². The molecule has 0 atom stereocenters. The number of hydrogen-bond donors (Lipinski definition) is 4. The van der Waals surface area contributed by atoms with Gasteiger partial charge in [0.15, 0.2) is 11.5 Å². The van der Waals surface area contributed by atoms with Crippen molar-refractivity contribution in [2.45, 2.75) is 46.5 Å². The second-order valence-corrected chi connectivity index (χ2v) is 10.9. The lowest BCUT2D eigenvalue weighted by atomic mass is 9.80. The number of fused-ring (bicyclic) bond motifs is 2. The molecule has 2 aromatic carbocycles. The van der Waals surface area contributed by atoms with Crippen molar-refractivity contribution < 1.29 is 19.8 Å². The minimum atomic E-state index is -0.803. The van der Waals surface area contributed by atoms with Gasteiger partial charge in [0.25, 0.3) is 0 Å². The zero-order valence-corrected chi connectivity index (χ0v) is 22.8. The van der Waals surface area contributed by atoms with E-state index in [0.29, 0.717) is 39.7 Å². The van der Waals surface area contributed by atoms with E-state index in [1.165, 1.54) is 5.57 Å². The van der Waals surface area contributed by atoms with Crippen LogP contribution in [0.2, 0.25) is 0 Å². The summed E-state index contributed by atoms with van der Waals surface area (Å²) in [7, 11) is 0. The van der Waals surface area contributed by atoms with E-state index in [-0.39, 0.29) is 11.1 Å². The lowest BCUT2D eigenvalue weighted by Gasteiger charge is -2.24. The number of carbonyl (C=O) groups is 2. The van der Waals surface area contributed by atoms with Gasteiger partial charge in [-0.25, -0.2) is 0 Å². The smallest absolute Gasteiger partial charge is 0.232 e. The first-order valence-corrected chi connectivity index (χ1v) is 12.9. The van der Waals surface area contributed by atoms with Gasteiger partial charge in [-0.15, -0.1) is 6.58 Å². The summed E-state index contributed by atoms with van der Waals surface area (Å²) < 4.78 is 0. The number of rotatable bonds is 6. The molecule has 5 rings (SSSR count). The number of benzene rings is 2. The second kappa shape index (κ2) is 9.31. The molecular formula is C33H32N2O4. The van der Waals surface area contributed by atoms with Crippen molar-refractivity contribution in [3.8, 4) is 0 Å². The molecule has 6 heteroatoms. The summed E-state index contributed by atoms with van der Waals surface area (Å²) in [5.41, 5.74) is 4.76. The Morgan fingerprint density at radius 3 is 2.15 bits per heavy atom. The Hall–Kier alpha value is -4.58. The third-order valence-electron chi connectivity index (χ3n) is 7.56. The summed E-state index contributed by atoms with van der Waals surface area (Å²) in [6.07, 6.45) is 4.53. The van der Waals surface area contributed by atoms with E-state index in [1.54, 1.807) is 13.0 Å². The van der Waals surface area contributed by atoms with Crippen LogP contribution in [0.4, 0.5) is 0 Å². The number of allylic oxidation sites excluding steroid dienone is 5. The predicted molar refractivity (Wildman–Crippen MR) is 157 cm³/mol. The first-order valence-electron chi connectivity index (χ1n) is 12.9. The highest BCUT2D eigenvalue weighted by Crippen LogP contribution is 2.43. The fraction of sp³-hybridized carbons (Fsp3) is 0.212. The fourth-order valence-corrected chi connectivity index (χ4v) is 5.34. The zero-order valence-electron chi connectivity index (χ0n) is 22.8. The van der Waals surface area contributed by atoms with E-state index in [9.17, 15) is 19.8 Å². The van der Waals surface area contributed by atoms with Crippen LogP contribution < -0.4 is 0 Å². The fourth-order valence-electron chi connectivity index (χ4n) is 5.34. The molecule has 0 saturated carbocycles. The van der Waals surface area contributed by atoms with Crippen LogP contribution >= 0.6 is 0 Å². The lowest BCUT2D eigenvalue weighted by molar-refractivity contribution is -0.116. The molecule has 198 valence electrons. The molecule has 1 aliphatic carbocycles. The topological polar surface area (TPSA) is 106 Å². The van der Waals surface area contributed by atoms with Crippen LogP contribution in [0.15, 0.2) is 78.3 Å². The molecule has 0 bridgehead atoms. The molecule has 0 unspecified atom stereocenters. The van der Waals surface area contributed by atoms with E-state index in [4.69, 9.17) is 0 Å². The monoisotopic (exact) mass is 520 g/mol. The molecular weight excluding hydrogens is 488 g/mol. The van der Waals surface area contributed by atoms with Gasteiger partial charge in [-0.1, -0.05) is 68.0 Å². The average molecular weight is 521 g/mol. The van der Waals surface area contributed by atoms with Gasteiger partial charge in [-0.2, -0.15) is 0 Å². The van der Waals surface area contributed by atoms with Gasteiger partial charge in [0.2, 0.25) is 11.6 Å². The molecule has 0 saturated heterocycles. The molecule has 4 N–H and O–H groups in total. The Balaban J connectivity index is 1.73. The maximum absolute atomic E-state index is 13.9. The highest BCUT2D eigenvalue weighted by Gasteiger charge is 2.41. The van der Waals surface area contributed by atoms with Gasteiger partial charge in [0, 0.05) is 49.7 Å². The van der Waals surface area contributed by atoms with Crippen LogP contribution in [-0.4, -0.2) is 31.7 Å². The van der Waals surface area contributed by atoms with Crippen molar-refractivity contribution in [2.75, 3.05) is 0 Å². The van der Waals surface area contributed by atoms with E-state index in [1.807, 2.05) is 70.2 Å². The largest absolute Gasteiger partial charge is 0.504 e. The standard InChI is InChI=1S/C33H32N2O4/c1-7-33(5,6)32-24(20-12-8-9-14-22(20)35-32)26-30(38)28(36)25(29(37)31(26)39)23-18(4)34-27-19(16-15-17(2)3)11-10-13-21(23)27/h7-15,34-36,39H,1,16H2,2-6H3. The maximum Gasteiger partial charge on any atom is 0.232 e. The van der Waals surface area contributed by atoms with Crippen molar-refractivity contribution >= 4 is 44.5 Å². The number of ketones is 2. The van der Waals surface area contributed by atoms with Crippen LogP contribution in [-0.2, 0) is 21.4 Å². The van der Waals surface area contributed by atoms with E-state index < -0.39 is 28.5 Å². The van der Waals surface area contributed by atoms with Crippen molar-refractivity contribution in [3.63, 3.8) is 0 Å². The van der Waals surface area contributed by atoms with E-state index in [2.05, 4.69) is 22.6 Å². The predicted octanol–water partition coefficient (Wildman–Crippen LogP) is 7.32. The Bertz CT molecular complexity index is 1800. The van der Waals surface area contributed by atoms with Gasteiger partial charge < -0.3 is 20.2 Å². The van der Waals surface area contributed by atoms with E-state index >= 15 is 0 Å². The first-order chi connectivity index (χ1) is 18.5. The lowest BCUT2D eigenvalue weighted by Crippen LogP contribution is -2.25. The molecule has 4 aromatic rings. The molecule has 0 fully saturated rings. The molecule has 2 aromatic heterocycles. The molecule has 2 heterocycles. The van der Waals surface area contributed by atoms with Crippen LogP contribution in [0.25, 0.3) is 33.0 Å². The summed E-state index contributed by atoms with van der Waals surface area (Å²) in [6.45, 7) is 13.6. The van der Waals surface area contributed by atoms with Gasteiger partial charge in [0.1, 0.15) is 0 Å². The number of aliphatic hydroxyl groups excluding tert-OH is 2. The Morgan fingerprint density at radius 2 is 1.51 bits per heavy atom. The first kappa shape index (κ1) is 26.0. The van der Waals surface area contributed by atoms with Crippen molar-refractivity contribution in [2.24, 2.45) is 0 Å². The number of H-pyrrole nitrogens is 2. The SMILES string of the molecule is C=CC(C)(C)c1[nH]c2ccccc2c1C1=C(O)C(=O)C(c2c(C)[nH]c3c(CC=C(C)C)cccc23)=C(O)C1=O. The molecule has 0 radical (unpaired) electrons. The normalized spacial score (nSPS) is 14.6. The number of aromatic nitrogens is 2. The molecule has 39 heavy (non-hydrogen) atoms. The molecule has 0 spiro atoms. The Labute approximate surface area is 227 Å². The summed E-state index contributed by atoms with van der Waals surface area (Å²) in [4.78, 5) is 34.3.